The zero-order valence-corrected chi connectivity index (χ0v) is 11.3. The molecule has 1 unspecified atom stereocenters. The third-order valence-electron chi connectivity index (χ3n) is 3.53. The Balaban J connectivity index is 2.26. The monoisotopic (exact) mass is 228 g/mol. The lowest BCUT2D eigenvalue weighted by molar-refractivity contribution is 0.0536. The number of nitrogens with two attached hydrogens (primary N) is 1. The summed E-state index contributed by atoms with van der Waals surface area (Å²) in [5.41, 5.74) is 6.39. The van der Waals surface area contributed by atoms with Crippen LogP contribution in [0.4, 0.5) is 0 Å². The maximum absolute atomic E-state index is 6.19. The van der Waals surface area contributed by atoms with E-state index in [1.54, 1.807) is 0 Å². The Labute approximate surface area is 100 Å². The molecular weight excluding hydrogens is 200 g/mol. The molecule has 2 N–H and O–H groups in total. The maximum Gasteiger partial charge on any atom is 0.0469 e. The summed E-state index contributed by atoms with van der Waals surface area (Å²) in [4.78, 5) is 2.38. The molecule has 0 bridgehead atoms. The van der Waals surface area contributed by atoms with Gasteiger partial charge in [-0.1, -0.05) is 20.8 Å². The fourth-order valence-electron chi connectivity index (χ4n) is 2.05. The number of hydrogen-bond donors (Lipinski definition) is 1. The van der Waals surface area contributed by atoms with Crippen molar-refractivity contribution in [1.29, 1.82) is 0 Å². The molecule has 0 spiro atoms. The summed E-state index contributed by atoms with van der Waals surface area (Å²) in [7, 11) is 2.18. The molecule has 0 aromatic heterocycles. The first-order valence-corrected chi connectivity index (χ1v) is 6.41. The predicted octanol–water partition coefficient (Wildman–Crippen LogP) is 1.72. The Morgan fingerprint density at radius 1 is 1.31 bits per heavy atom. The van der Waals surface area contributed by atoms with E-state index in [-0.39, 0.29) is 11.5 Å². The van der Waals surface area contributed by atoms with Gasteiger partial charge in [-0.2, -0.15) is 0 Å². The van der Waals surface area contributed by atoms with Gasteiger partial charge in [0.05, 0.1) is 0 Å². The molecule has 1 heterocycles. The summed E-state index contributed by atoms with van der Waals surface area (Å²) in [6.07, 6.45) is 2.41. The number of likely N-dealkylation sites (N-methyl/N-ethyl adjacent to an activating group) is 1. The highest BCUT2D eigenvalue weighted by Crippen LogP contribution is 2.19. The topological polar surface area (TPSA) is 38.5 Å². The quantitative estimate of drug-likeness (QED) is 0.796. The number of nitrogens with zero attached hydrogens (tertiary/aromatic N) is 1. The first-order valence-electron chi connectivity index (χ1n) is 6.41. The van der Waals surface area contributed by atoms with Crippen LogP contribution in [0, 0.1) is 11.3 Å². The molecule has 96 valence electrons. The van der Waals surface area contributed by atoms with Crippen LogP contribution in [-0.4, -0.2) is 44.3 Å². The second-order valence-electron chi connectivity index (χ2n) is 6.25. The fraction of sp³-hybridized carbons (Fsp3) is 1.00. The SMILES string of the molecule is CN(CC1CCOCC1)CC(N)C(C)(C)C. The highest BCUT2D eigenvalue weighted by atomic mass is 16.5. The molecule has 0 aromatic rings. The van der Waals surface area contributed by atoms with Crippen molar-refractivity contribution in [2.75, 3.05) is 33.4 Å². The van der Waals surface area contributed by atoms with E-state index in [0.29, 0.717) is 0 Å². The smallest absolute Gasteiger partial charge is 0.0469 e. The normalized spacial score (nSPS) is 21.4. The van der Waals surface area contributed by atoms with Crippen LogP contribution in [0.15, 0.2) is 0 Å². The third kappa shape index (κ3) is 4.81. The van der Waals surface area contributed by atoms with Gasteiger partial charge in [0.25, 0.3) is 0 Å². The van der Waals surface area contributed by atoms with E-state index in [1.807, 2.05) is 0 Å². The van der Waals surface area contributed by atoms with Gasteiger partial charge in [0.2, 0.25) is 0 Å². The van der Waals surface area contributed by atoms with Crippen LogP contribution in [0.1, 0.15) is 33.6 Å². The van der Waals surface area contributed by atoms with E-state index in [2.05, 4.69) is 32.7 Å². The van der Waals surface area contributed by atoms with Gasteiger partial charge >= 0.3 is 0 Å². The van der Waals surface area contributed by atoms with Gasteiger partial charge < -0.3 is 15.4 Å². The molecule has 0 radical (unpaired) electrons. The summed E-state index contributed by atoms with van der Waals surface area (Å²) >= 11 is 0. The average molecular weight is 228 g/mol. The highest BCUT2D eigenvalue weighted by molar-refractivity contribution is 4.80. The Morgan fingerprint density at radius 2 is 1.88 bits per heavy atom. The van der Waals surface area contributed by atoms with Crippen LogP contribution in [-0.2, 0) is 4.74 Å². The van der Waals surface area contributed by atoms with Gasteiger partial charge in [0.15, 0.2) is 0 Å². The number of hydrogen-bond acceptors (Lipinski definition) is 3. The van der Waals surface area contributed by atoms with Crippen LogP contribution in [0.2, 0.25) is 0 Å². The summed E-state index contributed by atoms with van der Waals surface area (Å²) in [5, 5.41) is 0. The van der Waals surface area contributed by atoms with E-state index in [0.717, 1.165) is 32.2 Å². The molecule has 1 aliphatic heterocycles. The molecule has 1 fully saturated rings. The number of ether oxygens (including phenoxy) is 1. The second-order valence-corrected chi connectivity index (χ2v) is 6.25. The van der Waals surface area contributed by atoms with Gasteiger partial charge in [-0.25, -0.2) is 0 Å². The molecule has 0 aliphatic carbocycles. The Kier molecular flexibility index (Phi) is 5.22. The van der Waals surface area contributed by atoms with E-state index in [1.165, 1.54) is 12.8 Å². The summed E-state index contributed by atoms with van der Waals surface area (Å²) < 4.78 is 5.37. The van der Waals surface area contributed by atoms with Crippen molar-refractivity contribution in [3.8, 4) is 0 Å². The summed E-state index contributed by atoms with van der Waals surface area (Å²) in [6.45, 7) is 10.6. The van der Waals surface area contributed by atoms with Gasteiger partial charge in [-0.3, -0.25) is 0 Å². The van der Waals surface area contributed by atoms with Crippen molar-refractivity contribution >= 4 is 0 Å². The molecule has 3 heteroatoms. The van der Waals surface area contributed by atoms with Crippen LogP contribution in [0.3, 0.4) is 0 Å². The molecule has 16 heavy (non-hydrogen) atoms. The van der Waals surface area contributed by atoms with Crippen molar-refractivity contribution in [3.63, 3.8) is 0 Å². The zero-order chi connectivity index (χ0) is 12.2. The van der Waals surface area contributed by atoms with Crippen LogP contribution in [0.5, 0.6) is 0 Å². The molecule has 1 rings (SSSR count). The standard InChI is InChI=1S/C13H28N2O/c1-13(2,3)12(14)10-15(4)9-11-5-7-16-8-6-11/h11-12H,5-10,14H2,1-4H3. The Hall–Kier alpha value is -0.120. The van der Waals surface area contributed by atoms with E-state index < -0.39 is 0 Å². The lowest BCUT2D eigenvalue weighted by Gasteiger charge is -2.33. The van der Waals surface area contributed by atoms with Crippen LogP contribution < -0.4 is 5.73 Å². The van der Waals surface area contributed by atoms with E-state index in [9.17, 15) is 0 Å². The molecule has 3 nitrogen and oxygen atoms in total. The zero-order valence-electron chi connectivity index (χ0n) is 11.3. The highest BCUT2D eigenvalue weighted by Gasteiger charge is 2.23. The van der Waals surface area contributed by atoms with Crippen molar-refractivity contribution in [2.45, 2.75) is 39.7 Å². The Morgan fingerprint density at radius 3 is 2.38 bits per heavy atom. The van der Waals surface area contributed by atoms with Gasteiger partial charge in [0, 0.05) is 32.3 Å². The van der Waals surface area contributed by atoms with Crippen molar-refractivity contribution in [1.82, 2.24) is 4.90 Å². The van der Waals surface area contributed by atoms with Crippen molar-refractivity contribution in [2.24, 2.45) is 17.1 Å². The summed E-state index contributed by atoms with van der Waals surface area (Å²) in [6, 6.07) is 0.248. The molecule has 1 atom stereocenters. The van der Waals surface area contributed by atoms with Crippen LogP contribution in [0.25, 0.3) is 0 Å². The first-order chi connectivity index (χ1) is 7.39. The molecule has 1 saturated heterocycles. The minimum absolute atomic E-state index is 0.198. The van der Waals surface area contributed by atoms with E-state index in [4.69, 9.17) is 10.5 Å². The molecular formula is C13H28N2O. The van der Waals surface area contributed by atoms with Crippen molar-refractivity contribution < 1.29 is 4.74 Å². The van der Waals surface area contributed by atoms with Gasteiger partial charge in [0.1, 0.15) is 0 Å². The summed E-state index contributed by atoms with van der Waals surface area (Å²) in [5.74, 6) is 0.797. The average Bonchev–Trinajstić information content (AvgIpc) is 2.17. The Bertz CT molecular complexity index is 195. The van der Waals surface area contributed by atoms with Gasteiger partial charge in [-0.15, -0.1) is 0 Å². The van der Waals surface area contributed by atoms with E-state index >= 15 is 0 Å². The van der Waals surface area contributed by atoms with Crippen LogP contribution >= 0.6 is 0 Å². The molecule has 0 amide bonds. The maximum atomic E-state index is 6.19. The lowest BCUT2D eigenvalue weighted by Crippen LogP contribution is -2.45. The second kappa shape index (κ2) is 5.99. The first kappa shape index (κ1) is 13.9. The molecule has 1 aliphatic rings. The lowest BCUT2D eigenvalue weighted by atomic mass is 9.87. The predicted molar refractivity (Wildman–Crippen MR) is 68.5 cm³/mol. The minimum Gasteiger partial charge on any atom is -0.381 e. The number of rotatable bonds is 4. The molecule has 0 saturated carbocycles. The van der Waals surface area contributed by atoms with Crippen molar-refractivity contribution in [3.05, 3.63) is 0 Å². The third-order valence-corrected chi connectivity index (χ3v) is 3.53. The molecule has 0 aromatic carbocycles. The largest absolute Gasteiger partial charge is 0.381 e. The fourth-order valence-corrected chi connectivity index (χ4v) is 2.05. The van der Waals surface area contributed by atoms with Gasteiger partial charge in [-0.05, 0) is 31.2 Å². The minimum atomic E-state index is 0.198.